The lowest BCUT2D eigenvalue weighted by atomic mass is 9.81. The van der Waals surface area contributed by atoms with E-state index in [1.165, 1.54) is 42.2 Å². The third-order valence-corrected chi connectivity index (χ3v) is 5.02. The van der Waals surface area contributed by atoms with E-state index in [9.17, 15) is 0 Å². The largest absolute Gasteiger partial charge is 0.321 e. The molecule has 0 atom stereocenters. The maximum Gasteiger partial charge on any atom is 0.0752 e. The van der Waals surface area contributed by atoms with Crippen LogP contribution >= 0.6 is 0 Å². The number of hydrogen-bond donors (Lipinski definition) is 1. The Balaban J connectivity index is 2.29. The second kappa shape index (κ2) is 9.17. The topological polar surface area (TPSA) is 38.9 Å². The predicted molar refractivity (Wildman–Crippen MR) is 105 cm³/mol. The molecule has 0 amide bonds. The van der Waals surface area contributed by atoms with E-state index >= 15 is 0 Å². The number of aromatic nitrogens is 1. The van der Waals surface area contributed by atoms with Gasteiger partial charge in [-0.1, -0.05) is 71.1 Å². The van der Waals surface area contributed by atoms with Gasteiger partial charge >= 0.3 is 0 Å². The summed E-state index contributed by atoms with van der Waals surface area (Å²) in [6, 6.07) is 8.82. The molecule has 0 unspecified atom stereocenters. The van der Waals surface area contributed by atoms with Crippen LogP contribution in [0.3, 0.4) is 0 Å². The Bertz CT molecular complexity index is 627. The number of hydrogen-bond acceptors (Lipinski definition) is 2. The molecule has 2 aromatic rings. The standard InChI is InChI=1S/C22H34N2/c1-4-7-8-9-11-18-16-19-12-10-13-20(21(19)24-17-18)22(23,14-5-2)15-6-3/h10,12-13,16-17H,4-9,11,14-15,23H2,1-3H3. The second-order valence-electron chi connectivity index (χ2n) is 7.19. The molecule has 0 saturated carbocycles. The van der Waals surface area contributed by atoms with E-state index in [0.29, 0.717) is 0 Å². The van der Waals surface area contributed by atoms with Crippen LogP contribution in [0.4, 0.5) is 0 Å². The number of para-hydroxylation sites is 1. The number of nitrogens with zero attached hydrogens (tertiary/aromatic N) is 1. The van der Waals surface area contributed by atoms with Crippen LogP contribution in [-0.2, 0) is 12.0 Å². The molecule has 0 aliphatic carbocycles. The molecule has 0 aliphatic heterocycles. The van der Waals surface area contributed by atoms with Crippen molar-refractivity contribution >= 4 is 10.9 Å². The van der Waals surface area contributed by atoms with Crippen LogP contribution in [0.1, 0.15) is 83.3 Å². The molecular formula is C22H34N2. The lowest BCUT2D eigenvalue weighted by molar-refractivity contribution is 0.372. The first-order chi connectivity index (χ1) is 11.6. The molecule has 0 radical (unpaired) electrons. The molecule has 2 heteroatoms. The van der Waals surface area contributed by atoms with E-state index in [4.69, 9.17) is 10.7 Å². The minimum atomic E-state index is -0.251. The molecule has 1 aromatic carbocycles. The molecule has 0 spiro atoms. The van der Waals surface area contributed by atoms with E-state index in [1.54, 1.807) is 0 Å². The Morgan fingerprint density at radius 3 is 2.38 bits per heavy atom. The van der Waals surface area contributed by atoms with E-state index < -0.39 is 0 Å². The molecule has 2 N–H and O–H groups in total. The first-order valence-electron chi connectivity index (χ1n) is 9.81. The number of rotatable bonds is 10. The summed E-state index contributed by atoms with van der Waals surface area (Å²) in [6.45, 7) is 6.68. The number of unbranched alkanes of at least 4 members (excludes halogenated alkanes) is 3. The Kier molecular flexibility index (Phi) is 7.23. The summed E-state index contributed by atoms with van der Waals surface area (Å²) in [5, 5.41) is 1.24. The Morgan fingerprint density at radius 2 is 1.71 bits per heavy atom. The van der Waals surface area contributed by atoms with Crippen LogP contribution in [0.5, 0.6) is 0 Å². The van der Waals surface area contributed by atoms with Gasteiger partial charge in [0.1, 0.15) is 0 Å². The monoisotopic (exact) mass is 326 g/mol. The van der Waals surface area contributed by atoms with Crippen LogP contribution in [0.25, 0.3) is 10.9 Å². The summed E-state index contributed by atoms with van der Waals surface area (Å²) >= 11 is 0. The Hall–Kier alpha value is -1.41. The van der Waals surface area contributed by atoms with Gasteiger partial charge in [0, 0.05) is 17.1 Å². The second-order valence-corrected chi connectivity index (χ2v) is 7.19. The molecule has 24 heavy (non-hydrogen) atoms. The van der Waals surface area contributed by atoms with Crippen LogP contribution < -0.4 is 5.73 Å². The van der Waals surface area contributed by atoms with Crippen LogP contribution in [0.2, 0.25) is 0 Å². The molecule has 0 saturated heterocycles. The lowest BCUT2D eigenvalue weighted by Crippen LogP contribution is -2.36. The van der Waals surface area contributed by atoms with Gasteiger partial charge in [-0.25, -0.2) is 0 Å². The highest BCUT2D eigenvalue weighted by atomic mass is 14.8. The van der Waals surface area contributed by atoms with Gasteiger partial charge in [0.25, 0.3) is 0 Å². The predicted octanol–water partition coefficient (Wildman–Crippen LogP) is 6.11. The lowest BCUT2D eigenvalue weighted by Gasteiger charge is -2.30. The average molecular weight is 327 g/mol. The third kappa shape index (κ3) is 4.57. The zero-order valence-corrected chi connectivity index (χ0v) is 15.8. The van der Waals surface area contributed by atoms with E-state index in [2.05, 4.69) is 51.2 Å². The van der Waals surface area contributed by atoms with Crippen molar-refractivity contribution in [1.29, 1.82) is 0 Å². The molecule has 2 rings (SSSR count). The van der Waals surface area contributed by atoms with Crippen molar-refractivity contribution < 1.29 is 0 Å². The fourth-order valence-electron chi connectivity index (χ4n) is 3.79. The zero-order valence-electron chi connectivity index (χ0n) is 15.8. The van der Waals surface area contributed by atoms with Gasteiger partial charge in [-0.05, 0) is 42.9 Å². The minimum Gasteiger partial charge on any atom is -0.321 e. The molecule has 1 aromatic heterocycles. The highest BCUT2D eigenvalue weighted by Crippen LogP contribution is 2.33. The summed E-state index contributed by atoms with van der Waals surface area (Å²) < 4.78 is 0. The molecule has 2 nitrogen and oxygen atoms in total. The van der Waals surface area contributed by atoms with Gasteiger partial charge < -0.3 is 5.73 Å². The number of fused-ring (bicyclic) bond motifs is 1. The minimum absolute atomic E-state index is 0.251. The van der Waals surface area contributed by atoms with E-state index in [1.807, 2.05) is 0 Å². The fraction of sp³-hybridized carbons (Fsp3) is 0.591. The van der Waals surface area contributed by atoms with Crippen molar-refractivity contribution in [2.24, 2.45) is 5.73 Å². The van der Waals surface area contributed by atoms with Crippen LogP contribution in [-0.4, -0.2) is 4.98 Å². The number of pyridine rings is 1. The molecule has 132 valence electrons. The fourth-order valence-corrected chi connectivity index (χ4v) is 3.79. The number of benzene rings is 1. The van der Waals surface area contributed by atoms with Crippen LogP contribution in [0.15, 0.2) is 30.5 Å². The van der Waals surface area contributed by atoms with Crippen molar-refractivity contribution in [3.05, 3.63) is 41.6 Å². The molecular weight excluding hydrogens is 292 g/mol. The van der Waals surface area contributed by atoms with Gasteiger partial charge in [-0.15, -0.1) is 0 Å². The number of aryl methyl sites for hydroxylation is 1. The van der Waals surface area contributed by atoms with E-state index in [0.717, 1.165) is 37.6 Å². The van der Waals surface area contributed by atoms with Crippen molar-refractivity contribution in [1.82, 2.24) is 4.98 Å². The number of nitrogens with two attached hydrogens (primary N) is 1. The van der Waals surface area contributed by atoms with Crippen molar-refractivity contribution in [2.75, 3.05) is 0 Å². The Morgan fingerprint density at radius 1 is 0.958 bits per heavy atom. The smallest absolute Gasteiger partial charge is 0.0752 e. The van der Waals surface area contributed by atoms with Gasteiger partial charge in [-0.3, -0.25) is 4.98 Å². The Labute approximate surface area is 147 Å². The summed E-state index contributed by atoms with van der Waals surface area (Å²) in [5.41, 5.74) is 10.2. The van der Waals surface area contributed by atoms with Crippen LogP contribution in [0, 0.1) is 0 Å². The quantitative estimate of drug-likeness (QED) is 0.535. The average Bonchev–Trinajstić information content (AvgIpc) is 2.58. The molecule has 0 aliphatic rings. The van der Waals surface area contributed by atoms with Crippen molar-refractivity contribution in [3.8, 4) is 0 Å². The van der Waals surface area contributed by atoms with Crippen molar-refractivity contribution in [3.63, 3.8) is 0 Å². The SMILES string of the molecule is CCCCCCc1cnc2c(C(N)(CCC)CCC)cccc2c1. The summed E-state index contributed by atoms with van der Waals surface area (Å²) in [5.74, 6) is 0. The maximum atomic E-state index is 6.82. The normalized spacial score (nSPS) is 12.0. The molecule has 0 bridgehead atoms. The van der Waals surface area contributed by atoms with Crippen molar-refractivity contribution in [2.45, 2.75) is 84.1 Å². The van der Waals surface area contributed by atoms with Gasteiger partial charge in [0.05, 0.1) is 5.52 Å². The maximum absolute atomic E-state index is 6.82. The third-order valence-electron chi connectivity index (χ3n) is 5.02. The first-order valence-corrected chi connectivity index (χ1v) is 9.81. The van der Waals surface area contributed by atoms with E-state index in [-0.39, 0.29) is 5.54 Å². The zero-order chi connectivity index (χ0) is 17.4. The molecule has 0 fully saturated rings. The summed E-state index contributed by atoms with van der Waals surface area (Å²) in [7, 11) is 0. The van der Waals surface area contributed by atoms with Gasteiger partial charge in [-0.2, -0.15) is 0 Å². The van der Waals surface area contributed by atoms with Gasteiger partial charge in [0.2, 0.25) is 0 Å². The highest BCUT2D eigenvalue weighted by Gasteiger charge is 2.27. The summed E-state index contributed by atoms with van der Waals surface area (Å²) in [4.78, 5) is 4.83. The molecule has 1 heterocycles. The summed E-state index contributed by atoms with van der Waals surface area (Å²) in [6.07, 6.45) is 12.6. The highest BCUT2D eigenvalue weighted by molar-refractivity contribution is 5.83. The first kappa shape index (κ1) is 18.9. The van der Waals surface area contributed by atoms with Gasteiger partial charge in [0.15, 0.2) is 0 Å².